The zero-order valence-corrected chi connectivity index (χ0v) is 16.4. The maximum absolute atomic E-state index is 9.17. The van der Waals surface area contributed by atoms with Gasteiger partial charge in [0.15, 0.2) is 11.5 Å². The smallest absolute Gasteiger partial charge is 0.391 e. The van der Waals surface area contributed by atoms with E-state index in [9.17, 15) is 9.79 Å². The average Bonchev–Trinajstić information content (AvgIpc) is 2.60. The molecule has 6 nitrogen and oxygen atoms in total. The lowest BCUT2D eigenvalue weighted by Crippen LogP contribution is -2.48. The molecule has 0 radical (unpaired) electrons. The van der Waals surface area contributed by atoms with Crippen molar-refractivity contribution < 1.29 is 23.8 Å². The largest absolute Gasteiger partial charge is 0.493 e. The van der Waals surface area contributed by atoms with Crippen molar-refractivity contribution in [1.29, 1.82) is 0 Å². The Bertz CT molecular complexity index is 619. The molecule has 0 saturated carbocycles. The fourth-order valence-corrected chi connectivity index (χ4v) is 4.15. The van der Waals surface area contributed by atoms with E-state index in [1.54, 1.807) is 14.2 Å². The van der Waals surface area contributed by atoms with Gasteiger partial charge in [0.1, 0.15) is 5.76 Å². The first-order valence-corrected chi connectivity index (χ1v) is 9.50. The van der Waals surface area contributed by atoms with E-state index < -0.39 is 8.60 Å². The van der Waals surface area contributed by atoms with E-state index >= 15 is 0 Å². The van der Waals surface area contributed by atoms with Crippen LogP contribution in [0.1, 0.15) is 31.7 Å². The molecule has 7 heteroatoms. The van der Waals surface area contributed by atoms with Gasteiger partial charge in [-0.15, -0.1) is 0 Å². The number of rotatable bonds is 7. The maximum atomic E-state index is 9.17. The molecule has 2 N–H and O–H groups in total. The van der Waals surface area contributed by atoms with Crippen LogP contribution in [0.25, 0.3) is 0 Å². The summed E-state index contributed by atoms with van der Waals surface area (Å²) >= 11 is 0. The third-order valence-corrected chi connectivity index (χ3v) is 5.47. The van der Waals surface area contributed by atoms with E-state index in [1.165, 1.54) is 5.56 Å². The number of hydrogen-bond donors (Lipinski definition) is 2. The van der Waals surface area contributed by atoms with E-state index in [0.29, 0.717) is 23.7 Å². The highest BCUT2D eigenvalue weighted by Gasteiger charge is 2.42. The van der Waals surface area contributed by atoms with Crippen LogP contribution in [0.5, 0.6) is 11.5 Å². The summed E-state index contributed by atoms with van der Waals surface area (Å²) < 4.78 is 16.0. The van der Waals surface area contributed by atoms with E-state index in [0.717, 1.165) is 12.8 Å². The SMILES string of the molecule is CC[C@]1(c2ccc(OC)c(OC)c2)CCC(OP(O)O)=C[C@@H]1N(C)C. The highest BCUT2D eigenvalue weighted by Crippen LogP contribution is 2.47. The minimum atomic E-state index is -2.39. The molecule has 1 aliphatic rings. The molecule has 0 bridgehead atoms. The van der Waals surface area contributed by atoms with Gasteiger partial charge in [-0.25, -0.2) is 0 Å². The number of ether oxygens (including phenoxy) is 2. The standard InChI is InChI=1S/C18H28NO5P/c1-6-18(13-7-8-15(22-4)16(11-13)23-5)10-9-14(24-25(20)21)12-17(18)19(2)3/h7-8,11-12,17,20-21H,6,9-10H2,1-5H3/t17-,18+/m0/s1. The molecule has 1 aliphatic carbocycles. The number of nitrogens with zero attached hydrogens (tertiary/aromatic N) is 1. The number of methoxy groups -OCH3 is 2. The first kappa shape index (κ1) is 20.0. The van der Waals surface area contributed by atoms with Crippen LogP contribution in [0.2, 0.25) is 0 Å². The predicted octanol–water partition coefficient (Wildman–Crippen LogP) is 3.19. The van der Waals surface area contributed by atoms with Gasteiger partial charge in [0.25, 0.3) is 0 Å². The van der Waals surface area contributed by atoms with E-state index in [1.807, 2.05) is 32.3 Å². The number of benzene rings is 1. The molecule has 0 saturated heterocycles. The second-order valence-electron chi connectivity index (χ2n) is 6.46. The summed E-state index contributed by atoms with van der Waals surface area (Å²) in [6.07, 6.45) is 4.44. The molecule has 0 unspecified atom stereocenters. The minimum absolute atomic E-state index is 0.0642. The minimum Gasteiger partial charge on any atom is -0.493 e. The molecule has 0 heterocycles. The van der Waals surface area contributed by atoms with Crippen molar-refractivity contribution >= 4 is 8.60 Å². The van der Waals surface area contributed by atoms with Crippen molar-refractivity contribution in [3.63, 3.8) is 0 Å². The fourth-order valence-electron chi connectivity index (χ4n) is 3.79. The first-order valence-electron chi connectivity index (χ1n) is 8.33. The average molecular weight is 369 g/mol. The molecule has 2 atom stereocenters. The summed E-state index contributed by atoms with van der Waals surface area (Å²) in [6.45, 7) is 2.18. The second kappa shape index (κ2) is 8.37. The second-order valence-corrected chi connectivity index (χ2v) is 7.15. The van der Waals surface area contributed by atoms with Gasteiger partial charge < -0.3 is 28.7 Å². The molecule has 1 aromatic carbocycles. The molecule has 0 fully saturated rings. The van der Waals surface area contributed by atoms with Crippen molar-refractivity contribution in [3.05, 3.63) is 35.6 Å². The molecule has 0 spiro atoms. The van der Waals surface area contributed by atoms with Crippen LogP contribution < -0.4 is 9.47 Å². The number of likely N-dealkylation sites (N-methyl/N-ethyl adjacent to an activating group) is 1. The van der Waals surface area contributed by atoms with Crippen molar-refractivity contribution in [2.24, 2.45) is 0 Å². The summed E-state index contributed by atoms with van der Waals surface area (Å²) in [5.41, 5.74) is 1.06. The Kier molecular flexibility index (Phi) is 6.69. The quantitative estimate of drug-likeness (QED) is 0.720. The Morgan fingerprint density at radius 2 is 1.88 bits per heavy atom. The molecule has 0 amide bonds. The third kappa shape index (κ3) is 4.09. The molecule has 1 aromatic rings. The van der Waals surface area contributed by atoms with Gasteiger partial charge in [-0.1, -0.05) is 13.0 Å². The Morgan fingerprint density at radius 1 is 1.20 bits per heavy atom. The molecule has 0 aliphatic heterocycles. The lowest BCUT2D eigenvalue weighted by molar-refractivity contribution is 0.167. The van der Waals surface area contributed by atoms with E-state index in [-0.39, 0.29) is 11.5 Å². The van der Waals surface area contributed by atoms with Crippen molar-refractivity contribution in [2.45, 2.75) is 37.6 Å². The summed E-state index contributed by atoms with van der Waals surface area (Å²) in [7, 11) is 4.93. The van der Waals surface area contributed by atoms with Gasteiger partial charge in [-0.05, 0) is 50.7 Å². The zero-order chi connectivity index (χ0) is 18.6. The highest BCUT2D eigenvalue weighted by atomic mass is 31.2. The molecule has 140 valence electrons. The molecular formula is C18H28NO5P. The van der Waals surface area contributed by atoms with Crippen LogP contribution in [0, 0.1) is 0 Å². The van der Waals surface area contributed by atoms with Gasteiger partial charge >= 0.3 is 8.60 Å². The lowest BCUT2D eigenvalue weighted by atomic mass is 9.66. The Morgan fingerprint density at radius 3 is 2.40 bits per heavy atom. The first-order chi connectivity index (χ1) is 11.9. The van der Waals surface area contributed by atoms with Crippen LogP contribution in [0.15, 0.2) is 30.0 Å². The highest BCUT2D eigenvalue weighted by molar-refractivity contribution is 7.39. The zero-order valence-electron chi connectivity index (χ0n) is 15.5. The Balaban J connectivity index is 2.49. The van der Waals surface area contributed by atoms with Crippen LogP contribution >= 0.6 is 8.60 Å². The van der Waals surface area contributed by atoms with Crippen molar-refractivity contribution in [3.8, 4) is 11.5 Å². The maximum Gasteiger partial charge on any atom is 0.391 e. The molecule has 25 heavy (non-hydrogen) atoms. The van der Waals surface area contributed by atoms with Crippen LogP contribution in [-0.4, -0.2) is 49.0 Å². The normalized spacial score (nSPS) is 23.6. The number of hydrogen-bond acceptors (Lipinski definition) is 6. The summed E-state index contributed by atoms with van der Waals surface area (Å²) in [5, 5.41) is 0. The molecular weight excluding hydrogens is 341 g/mol. The predicted molar refractivity (Wildman–Crippen MR) is 98.7 cm³/mol. The van der Waals surface area contributed by atoms with Gasteiger partial charge in [0.05, 0.1) is 14.2 Å². The Hall–Kier alpha value is -1.33. The third-order valence-electron chi connectivity index (χ3n) is 5.07. The van der Waals surface area contributed by atoms with Crippen LogP contribution in [0.3, 0.4) is 0 Å². The summed E-state index contributed by atoms with van der Waals surface area (Å²) in [4.78, 5) is 20.5. The molecule has 0 aromatic heterocycles. The van der Waals surface area contributed by atoms with Crippen LogP contribution in [-0.2, 0) is 9.94 Å². The van der Waals surface area contributed by atoms with Crippen LogP contribution in [0.4, 0.5) is 0 Å². The van der Waals surface area contributed by atoms with Crippen molar-refractivity contribution in [2.75, 3.05) is 28.3 Å². The molecule has 2 rings (SSSR count). The lowest BCUT2D eigenvalue weighted by Gasteiger charge is -2.46. The summed E-state index contributed by atoms with van der Waals surface area (Å²) in [6, 6.07) is 6.14. The monoisotopic (exact) mass is 369 g/mol. The van der Waals surface area contributed by atoms with Crippen molar-refractivity contribution in [1.82, 2.24) is 4.90 Å². The van der Waals surface area contributed by atoms with E-state index in [4.69, 9.17) is 14.0 Å². The van der Waals surface area contributed by atoms with Gasteiger partial charge in [0, 0.05) is 17.9 Å². The van der Waals surface area contributed by atoms with Gasteiger partial charge in [0.2, 0.25) is 0 Å². The van der Waals surface area contributed by atoms with E-state index in [2.05, 4.69) is 17.9 Å². The van der Waals surface area contributed by atoms with Gasteiger partial charge in [-0.2, -0.15) is 0 Å². The topological polar surface area (TPSA) is 71.4 Å². The van der Waals surface area contributed by atoms with Gasteiger partial charge in [-0.3, -0.25) is 0 Å². The Labute approximate surface area is 151 Å². The number of allylic oxidation sites excluding steroid dienone is 1. The summed E-state index contributed by atoms with van der Waals surface area (Å²) in [5.74, 6) is 2.06. The fraction of sp³-hybridized carbons (Fsp3) is 0.556.